The first-order chi connectivity index (χ1) is 11.1. The summed E-state index contributed by atoms with van der Waals surface area (Å²) in [5, 5.41) is 9.07. The minimum absolute atomic E-state index is 0.104. The van der Waals surface area contributed by atoms with E-state index in [0.29, 0.717) is 5.56 Å². The minimum Gasteiger partial charge on any atom is -0.267 e. The van der Waals surface area contributed by atoms with Gasteiger partial charge in [0.1, 0.15) is 11.6 Å². The molecule has 5 nitrogen and oxygen atoms in total. The zero-order valence-corrected chi connectivity index (χ0v) is 13.5. The largest absolute Gasteiger partial charge is 0.280 e. The third-order valence-electron chi connectivity index (χ3n) is 2.87. The monoisotopic (exact) mass is 369 g/mol. The summed E-state index contributed by atoms with van der Waals surface area (Å²) >= 11 is 3.27. The van der Waals surface area contributed by atoms with Gasteiger partial charge in [-0.25, -0.2) is 0 Å². The number of nitrogens with one attached hydrogen (secondary N) is 2. The lowest BCUT2D eigenvalue weighted by atomic mass is 10.1. The van der Waals surface area contributed by atoms with Crippen LogP contribution in [0.3, 0.4) is 0 Å². The Bertz CT molecular complexity index is 778. The van der Waals surface area contributed by atoms with Crippen LogP contribution in [0.1, 0.15) is 15.9 Å². The number of nitrogens with zero attached hydrogens (tertiary/aromatic N) is 1. The second kappa shape index (κ2) is 7.92. The van der Waals surface area contributed by atoms with Crippen LogP contribution in [-0.2, 0) is 4.79 Å². The van der Waals surface area contributed by atoms with Gasteiger partial charge in [-0.3, -0.25) is 20.4 Å². The maximum Gasteiger partial charge on any atom is 0.280 e. The predicted octanol–water partition coefficient (Wildman–Crippen LogP) is 2.82. The first kappa shape index (κ1) is 16.5. The molecule has 0 fully saturated rings. The predicted molar refractivity (Wildman–Crippen MR) is 89.8 cm³/mol. The number of hydrogen-bond acceptors (Lipinski definition) is 3. The van der Waals surface area contributed by atoms with Crippen LogP contribution in [0.25, 0.3) is 6.08 Å². The van der Waals surface area contributed by atoms with E-state index < -0.39 is 11.8 Å². The number of benzene rings is 2. The molecule has 0 atom stereocenters. The molecule has 0 spiro atoms. The Labute approximate surface area is 141 Å². The van der Waals surface area contributed by atoms with Gasteiger partial charge in [-0.2, -0.15) is 5.26 Å². The van der Waals surface area contributed by atoms with Crippen molar-refractivity contribution in [1.29, 1.82) is 5.26 Å². The lowest BCUT2D eigenvalue weighted by Gasteiger charge is -2.07. The van der Waals surface area contributed by atoms with Gasteiger partial charge in [-0.1, -0.05) is 46.3 Å². The molecule has 2 aromatic carbocycles. The van der Waals surface area contributed by atoms with E-state index in [9.17, 15) is 9.59 Å². The van der Waals surface area contributed by atoms with Crippen LogP contribution in [0, 0.1) is 11.3 Å². The minimum atomic E-state index is -0.679. The average molecular weight is 370 g/mol. The van der Waals surface area contributed by atoms with E-state index in [4.69, 9.17) is 5.26 Å². The molecule has 0 saturated heterocycles. The molecule has 6 heteroatoms. The number of halogens is 1. The zero-order chi connectivity index (χ0) is 16.7. The van der Waals surface area contributed by atoms with Gasteiger partial charge in [-0.05, 0) is 35.9 Å². The van der Waals surface area contributed by atoms with Crippen molar-refractivity contribution in [2.45, 2.75) is 0 Å². The fourth-order valence-electron chi connectivity index (χ4n) is 1.72. The summed E-state index contributed by atoms with van der Waals surface area (Å²) in [6.07, 6.45) is 1.45. The quantitative estimate of drug-likeness (QED) is 0.495. The molecule has 2 aromatic rings. The van der Waals surface area contributed by atoms with Gasteiger partial charge < -0.3 is 0 Å². The smallest absolute Gasteiger partial charge is 0.267 e. The van der Waals surface area contributed by atoms with Crippen molar-refractivity contribution in [3.63, 3.8) is 0 Å². The Balaban J connectivity index is 2.00. The molecule has 0 radical (unpaired) electrons. The van der Waals surface area contributed by atoms with Crippen molar-refractivity contribution in [3.8, 4) is 6.07 Å². The molecule has 2 N–H and O–H groups in total. The van der Waals surface area contributed by atoms with E-state index in [1.165, 1.54) is 6.08 Å². The van der Waals surface area contributed by atoms with Crippen LogP contribution in [0.5, 0.6) is 0 Å². The summed E-state index contributed by atoms with van der Waals surface area (Å²) in [5.41, 5.74) is 5.50. The Kier molecular flexibility index (Phi) is 5.67. The summed E-state index contributed by atoms with van der Waals surface area (Å²) in [4.78, 5) is 23.8. The van der Waals surface area contributed by atoms with Crippen LogP contribution in [0.2, 0.25) is 0 Å². The van der Waals surface area contributed by atoms with Crippen molar-refractivity contribution in [1.82, 2.24) is 10.9 Å². The highest BCUT2D eigenvalue weighted by Crippen LogP contribution is 2.10. The second-order valence-corrected chi connectivity index (χ2v) is 5.41. The molecule has 114 valence electrons. The number of hydrogen-bond donors (Lipinski definition) is 2. The fraction of sp³-hybridized carbons (Fsp3) is 0. The van der Waals surface area contributed by atoms with E-state index >= 15 is 0 Å². The van der Waals surface area contributed by atoms with Gasteiger partial charge in [-0.15, -0.1) is 0 Å². The molecular formula is C17H12BrN3O2. The Morgan fingerprint density at radius 1 is 1.00 bits per heavy atom. The molecule has 23 heavy (non-hydrogen) atoms. The topological polar surface area (TPSA) is 82.0 Å². The molecule has 2 rings (SSSR count). The van der Waals surface area contributed by atoms with Crippen molar-refractivity contribution in [2.24, 2.45) is 0 Å². The van der Waals surface area contributed by atoms with Gasteiger partial charge in [0.25, 0.3) is 11.8 Å². The van der Waals surface area contributed by atoms with Crippen molar-refractivity contribution < 1.29 is 9.59 Å². The van der Waals surface area contributed by atoms with Gasteiger partial charge in [0.15, 0.2) is 0 Å². The van der Waals surface area contributed by atoms with Gasteiger partial charge in [0, 0.05) is 10.0 Å². The summed E-state index contributed by atoms with van der Waals surface area (Å²) in [7, 11) is 0. The molecule has 0 saturated carbocycles. The summed E-state index contributed by atoms with van der Waals surface area (Å²) in [6, 6.07) is 17.4. The van der Waals surface area contributed by atoms with Crippen LogP contribution >= 0.6 is 15.9 Å². The van der Waals surface area contributed by atoms with Gasteiger partial charge in [0.2, 0.25) is 0 Å². The van der Waals surface area contributed by atoms with Crippen molar-refractivity contribution in [3.05, 3.63) is 75.8 Å². The van der Waals surface area contributed by atoms with E-state index in [-0.39, 0.29) is 5.57 Å². The highest BCUT2D eigenvalue weighted by Gasteiger charge is 2.11. The van der Waals surface area contributed by atoms with Crippen LogP contribution < -0.4 is 10.9 Å². The normalized spacial score (nSPS) is 10.5. The van der Waals surface area contributed by atoms with Crippen LogP contribution in [0.15, 0.2) is 64.6 Å². The third-order valence-corrected chi connectivity index (χ3v) is 3.40. The Morgan fingerprint density at radius 2 is 1.65 bits per heavy atom. The first-order valence-electron chi connectivity index (χ1n) is 6.63. The van der Waals surface area contributed by atoms with Crippen molar-refractivity contribution in [2.75, 3.05) is 0 Å². The van der Waals surface area contributed by atoms with E-state index in [2.05, 4.69) is 26.8 Å². The van der Waals surface area contributed by atoms with Crippen molar-refractivity contribution >= 4 is 33.8 Å². The number of nitriles is 1. The van der Waals surface area contributed by atoms with E-state index in [0.717, 1.165) is 10.0 Å². The average Bonchev–Trinajstić information content (AvgIpc) is 2.58. The number of amides is 2. The molecule has 0 unspecified atom stereocenters. The van der Waals surface area contributed by atoms with E-state index in [1.807, 2.05) is 12.1 Å². The van der Waals surface area contributed by atoms with E-state index in [1.54, 1.807) is 48.5 Å². The Morgan fingerprint density at radius 3 is 2.26 bits per heavy atom. The molecule has 0 bridgehead atoms. The fourth-order valence-corrected chi connectivity index (χ4v) is 1.98. The number of carbonyl (C=O) groups is 2. The Hall–Kier alpha value is -2.91. The number of hydrazine groups is 1. The third kappa shape index (κ3) is 4.80. The molecule has 0 aliphatic carbocycles. The van der Waals surface area contributed by atoms with Gasteiger partial charge in [0.05, 0.1) is 0 Å². The lowest BCUT2D eigenvalue weighted by Crippen LogP contribution is -2.42. The highest BCUT2D eigenvalue weighted by molar-refractivity contribution is 9.10. The SMILES string of the molecule is N#CC(=Cc1ccccc1)C(=O)NNC(=O)c1ccc(Br)cc1. The molecule has 2 amide bonds. The molecule has 0 aliphatic rings. The van der Waals surface area contributed by atoms with Crippen LogP contribution in [-0.4, -0.2) is 11.8 Å². The number of carbonyl (C=O) groups excluding carboxylic acids is 2. The second-order valence-electron chi connectivity index (χ2n) is 4.50. The molecule has 0 heterocycles. The molecular weight excluding hydrogens is 358 g/mol. The molecule has 0 aliphatic heterocycles. The maximum atomic E-state index is 11.9. The standard InChI is InChI=1S/C17H12BrN3O2/c18-15-8-6-13(7-9-15)16(22)20-21-17(23)14(11-19)10-12-4-2-1-3-5-12/h1-10H,(H,20,22)(H,21,23). The zero-order valence-electron chi connectivity index (χ0n) is 11.9. The lowest BCUT2D eigenvalue weighted by molar-refractivity contribution is -0.117. The highest BCUT2D eigenvalue weighted by atomic mass is 79.9. The van der Waals surface area contributed by atoms with Crippen LogP contribution in [0.4, 0.5) is 0 Å². The van der Waals surface area contributed by atoms with Gasteiger partial charge >= 0.3 is 0 Å². The number of rotatable bonds is 3. The maximum absolute atomic E-state index is 11.9. The summed E-state index contributed by atoms with van der Waals surface area (Å²) < 4.78 is 0.843. The first-order valence-corrected chi connectivity index (χ1v) is 7.42. The molecule has 0 aromatic heterocycles. The summed E-state index contributed by atoms with van der Waals surface area (Å²) in [6.45, 7) is 0. The summed E-state index contributed by atoms with van der Waals surface area (Å²) in [5.74, 6) is -1.15.